The Hall–Kier alpha value is -2.23. The molecule has 1 aromatic heterocycles. The van der Waals surface area contributed by atoms with Crippen LogP contribution in [0.2, 0.25) is 0 Å². The van der Waals surface area contributed by atoms with Gasteiger partial charge in [-0.05, 0) is 43.4 Å². The van der Waals surface area contributed by atoms with Gasteiger partial charge in [0.05, 0.1) is 5.69 Å². The molecule has 1 aliphatic heterocycles. The van der Waals surface area contributed by atoms with E-state index >= 15 is 0 Å². The lowest BCUT2D eigenvalue weighted by molar-refractivity contribution is -0.286. The van der Waals surface area contributed by atoms with E-state index in [4.69, 9.17) is 12.2 Å². The van der Waals surface area contributed by atoms with Gasteiger partial charge in [0.25, 0.3) is 0 Å². The molecule has 3 aromatic rings. The Morgan fingerprint density at radius 3 is 2.67 bits per heavy atom. The third kappa shape index (κ3) is 4.05. The van der Waals surface area contributed by atoms with Crippen LogP contribution in [0.25, 0.3) is 5.69 Å². The predicted molar refractivity (Wildman–Crippen MR) is 105 cm³/mol. The third-order valence-electron chi connectivity index (χ3n) is 3.57. The number of alkyl halides is 2. The van der Waals surface area contributed by atoms with E-state index in [-0.39, 0.29) is 11.5 Å². The van der Waals surface area contributed by atoms with Crippen LogP contribution in [-0.4, -0.2) is 15.2 Å². The molecule has 1 aliphatic rings. The molecule has 0 aliphatic carbocycles. The molecule has 0 radical (unpaired) electrons. The van der Waals surface area contributed by atoms with E-state index in [9.17, 15) is 8.78 Å². The molecule has 0 bridgehead atoms. The topological polar surface area (TPSA) is 35.8 Å². The maximum Gasteiger partial charge on any atom is 0.586 e. The Kier molecular flexibility index (Phi) is 4.75. The molecule has 27 heavy (non-hydrogen) atoms. The second kappa shape index (κ2) is 7.06. The number of benzene rings is 2. The average Bonchev–Trinajstić information content (AvgIpc) is 3.12. The van der Waals surface area contributed by atoms with Crippen molar-refractivity contribution in [2.24, 2.45) is 4.99 Å². The molecule has 4 rings (SSSR count). The molecule has 2 aromatic carbocycles. The molecule has 0 saturated carbocycles. The zero-order valence-electron chi connectivity index (χ0n) is 13.9. The first-order valence-corrected chi connectivity index (χ1v) is 9.85. The molecule has 0 fully saturated rings. The normalized spacial score (nSPS) is 15.1. The number of thioether (sulfide) groups is 1. The molecule has 0 saturated heterocycles. The van der Waals surface area contributed by atoms with Gasteiger partial charge in [0.2, 0.25) is 0 Å². The van der Waals surface area contributed by atoms with Crippen molar-refractivity contribution in [1.82, 2.24) is 4.57 Å². The van der Waals surface area contributed by atoms with Gasteiger partial charge in [0.15, 0.2) is 20.6 Å². The van der Waals surface area contributed by atoms with Gasteiger partial charge in [-0.25, -0.2) is 4.99 Å². The van der Waals surface area contributed by atoms with E-state index in [1.165, 1.54) is 35.2 Å². The largest absolute Gasteiger partial charge is 0.586 e. The summed E-state index contributed by atoms with van der Waals surface area (Å²) in [5.41, 5.74) is 0.630. The van der Waals surface area contributed by atoms with Gasteiger partial charge in [-0.3, -0.25) is 4.57 Å². The van der Waals surface area contributed by atoms with Gasteiger partial charge in [0.1, 0.15) is 0 Å². The first-order chi connectivity index (χ1) is 12.9. The first-order valence-electron chi connectivity index (χ1n) is 7.81. The van der Waals surface area contributed by atoms with Crippen molar-refractivity contribution in [3.8, 4) is 17.2 Å². The Balaban J connectivity index is 1.67. The quantitative estimate of drug-likeness (QED) is 0.423. The third-order valence-corrected chi connectivity index (χ3v) is 5.58. The number of aromatic nitrogens is 1. The van der Waals surface area contributed by atoms with Crippen LogP contribution < -0.4 is 14.3 Å². The standard InChI is InChI=1S/C18H12F2N2O2S3/c1-11-10-22(12-7-8-14-15(9-12)24-18(19,20)23-14)16(26-11)21-17(25)27-13-5-3-2-4-6-13/h2-10H,1H3. The summed E-state index contributed by atoms with van der Waals surface area (Å²) in [6.07, 6.45) is -1.77. The highest BCUT2D eigenvalue weighted by Crippen LogP contribution is 2.41. The SMILES string of the molecule is Cc1cn(-c2ccc3c(c2)OC(F)(F)O3)c(=NC(=S)Sc2ccccc2)s1. The lowest BCUT2D eigenvalue weighted by atomic mass is 10.3. The maximum atomic E-state index is 13.2. The van der Waals surface area contributed by atoms with Gasteiger partial charge in [0, 0.05) is 22.0 Å². The fraction of sp³-hybridized carbons (Fsp3) is 0.111. The molecule has 0 unspecified atom stereocenters. The number of hydrogen-bond acceptors (Lipinski definition) is 5. The fourth-order valence-corrected chi connectivity index (χ4v) is 4.45. The van der Waals surface area contributed by atoms with Crippen molar-refractivity contribution in [2.45, 2.75) is 18.1 Å². The summed E-state index contributed by atoms with van der Waals surface area (Å²) in [5.74, 6) is -0.00835. The van der Waals surface area contributed by atoms with Crippen LogP contribution in [0, 0.1) is 6.92 Å². The number of fused-ring (bicyclic) bond motifs is 1. The molecule has 2 heterocycles. The second-order valence-electron chi connectivity index (χ2n) is 5.59. The zero-order chi connectivity index (χ0) is 19.0. The maximum absolute atomic E-state index is 13.2. The lowest BCUT2D eigenvalue weighted by Crippen LogP contribution is -2.25. The highest BCUT2D eigenvalue weighted by molar-refractivity contribution is 8.23. The minimum absolute atomic E-state index is 0.00458. The number of rotatable bonds is 2. The number of thiocarbonyl (C=S) groups is 1. The number of halogens is 2. The van der Waals surface area contributed by atoms with Crippen LogP contribution in [0.15, 0.2) is 64.6 Å². The van der Waals surface area contributed by atoms with Crippen molar-refractivity contribution < 1.29 is 18.3 Å². The van der Waals surface area contributed by atoms with Gasteiger partial charge in [-0.1, -0.05) is 30.0 Å². The minimum Gasteiger partial charge on any atom is -0.395 e. The van der Waals surface area contributed by atoms with Gasteiger partial charge >= 0.3 is 6.29 Å². The lowest BCUT2D eigenvalue weighted by Gasteiger charge is -2.05. The number of thiazole rings is 1. The summed E-state index contributed by atoms with van der Waals surface area (Å²) < 4.78 is 37.7. The van der Waals surface area contributed by atoms with E-state index in [0.717, 1.165) is 9.77 Å². The molecule has 0 atom stereocenters. The molecular formula is C18H12F2N2O2S3. The van der Waals surface area contributed by atoms with Crippen molar-refractivity contribution in [3.05, 3.63) is 64.4 Å². The van der Waals surface area contributed by atoms with E-state index in [1.54, 1.807) is 10.6 Å². The van der Waals surface area contributed by atoms with Gasteiger partial charge < -0.3 is 9.47 Å². The fourth-order valence-electron chi connectivity index (χ4n) is 2.50. The number of ether oxygens (including phenoxy) is 2. The molecular weight excluding hydrogens is 410 g/mol. The summed E-state index contributed by atoms with van der Waals surface area (Å²) >= 11 is 8.23. The smallest absolute Gasteiger partial charge is 0.395 e. The van der Waals surface area contributed by atoms with Crippen LogP contribution in [0.5, 0.6) is 11.5 Å². The zero-order valence-corrected chi connectivity index (χ0v) is 16.3. The van der Waals surface area contributed by atoms with Crippen LogP contribution in [0.4, 0.5) is 8.78 Å². The van der Waals surface area contributed by atoms with E-state index < -0.39 is 6.29 Å². The summed E-state index contributed by atoms with van der Waals surface area (Å²) in [7, 11) is 0. The number of hydrogen-bond donors (Lipinski definition) is 0. The summed E-state index contributed by atoms with van der Waals surface area (Å²) in [6.45, 7) is 1.94. The van der Waals surface area contributed by atoms with Crippen LogP contribution in [0.3, 0.4) is 0 Å². The molecule has 9 heteroatoms. The molecule has 0 amide bonds. The Labute approximate surface area is 167 Å². The van der Waals surface area contributed by atoms with Gasteiger partial charge in [-0.2, -0.15) is 0 Å². The summed E-state index contributed by atoms with van der Waals surface area (Å²) in [4.78, 5) is 7.17. The average molecular weight is 423 g/mol. The van der Waals surface area contributed by atoms with Crippen molar-refractivity contribution in [2.75, 3.05) is 0 Å². The van der Waals surface area contributed by atoms with Crippen LogP contribution in [-0.2, 0) is 0 Å². The summed E-state index contributed by atoms with van der Waals surface area (Å²) in [6, 6.07) is 14.3. The monoisotopic (exact) mass is 422 g/mol. The van der Waals surface area contributed by atoms with Crippen molar-refractivity contribution >= 4 is 39.6 Å². The van der Waals surface area contributed by atoms with Crippen LogP contribution >= 0.6 is 35.3 Å². The second-order valence-corrected chi connectivity index (χ2v) is 8.51. The van der Waals surface area contributed by atoms with Crippen molar-refractivity contribution in [1.29, 1.82) is 0 Å². The first kappa shape index (κ1) is 18.1. The predicted octanol–water partition coefficient (Wildman–Crippen LogP) is 5.15. The minimum atomic E-state index is -3.64. The highest BCUT2D eigenvalue weighted by Gasteiger charge is 2.43. The van der Waals surface area contributed by atoms with Gasteiger partial charge in [-0.15, -0.1) is 20.1 Å². The Morgan fingerprint density at radius 2 is 1.89 bits per heavy atom. The Morgan fingerprint density at radius 1 is 1.15 bits per heavy atom. The molecule has 4 nitrogen and oxygen atoms in total. The van der Waals surface area contributed by atoms with Crippen molar-refractivity contribution in [3.63, 3.8) is 0 Å². The highest BCUT2D eigenvalue weighted by atomic mass is 32.2. The van der Waals surface area contributed by atoms with E-state index in [2.05, 4.69) is 14.5 Å². The molecule has 138 valence electrons. The van der Waals surface area contributed by atoms with Crippen LogP contribution in [0.1, 0.15) is 4.88 Å². The number of aryl methyl sites for hydroxylation is 1. The summed E-state index contributed by atoms with van der Waals surface area (Å²) in [5, 5.41) is 0. The van der Waals surface area contributed by atoms with E-state index in [0.29, 0.717) is 14.8 Å². The van der Waals surface area contributed by atoms with E-state index in [1.807, 2.05) is 43.5 Å². The Bertz CT molecular complexity index is 1080. The molecule has 0 spiro atoms. The number of nitrogens with zero attached hydrogens (tertiary/aromatic N) is 2. The molecule has 0 N–H and O–H groups in total.